The highest BCUT2D eigenvalue weighted by molar-refractivity contribution is 8.04. The molecule has 2 N–H and O–H groups in total. The fourth-order valence-corrected chi connectivity index (χ4v) is 5.63. The maximum absolute atomic E-state index is 13.4. The number of hydrogen-bond donors (Lipinski definition) is 2. The van der Waals surface area contributed by atoms with Gasteiger partial charge in [0, 0.05) is 5.25 Å². The monoisotopic (exact) mass is 551 g/mol. The van der Waals surface area contributed by atoms with Crippen molar-refractivity contribution in [3.63, 3.8) is 0 Å². The van der Waals surface area contributed by atoms with Crippen LogP contribution >= 0.6 is 11.8 Å². The van der Waals surface area contributed by atoms with Gasteiger partial charge in [0.05, 0.1) is 17.1 Å². The first kappa shape index (κ1) is 29.9. The molecule has 0 fully saturated rings. The molecule has 3 rings (SSSR count). The summed E-state index contributed by atoms with van der Waals surface area (Å²) in [5.74, 6) is -0.963. The summed E-state index contributed by atoms with van der Waals surface area (Å²) in [6.07, 6.45) is 3.74. The Balaban J connectivity index is 1.91. The minimum Gasteiger partial charge on any atom is -0.492 e. The highest BCUT2D eigenvalue weighted by atomic mass is 32.2. The first-order valence-electron chi connectivity index (χ1n) is 12.8. The molecule has 3 atom stereocenters. The quantitative estimate of drug-likeness (QED) is 0.307. The highest BCUT2D eigenvalue weighted by Gasteiger charge is 2.39. The lowest BCUT2D eigenvalue weighted by Gasteiger charge is -2.32. The van der Waals surface area contributed by atoms with E-state index in [0.29, 0.717) is 23.7 Å². The Morgan fingerprint density at radius 3 is 2.37 bits per heavy atom. The molecule has 0 saturated carbocycles. The molecule has 1 aliphatic heterocycles. The normalized spacial score (nSPS) is 20.3. The number of carbonyl (C=O) groups is 2. The second kappa shape index (κ2) is 12.0. The zero-order valence-electron chi connectivity index (χ0n) is 22.4. The lowest BCUT2D eigenvalue weighted by molar-refractivity contribution is -0.144. The molecule has 1 aliphatic carbocycles. The average Bonchev–Trinajstić information content (AvgIpc) is 3.27. The van der Waals surface area contributed by atoms with Gasteiger partial charge >= 0.3 is 12.1 Å². The summed E-state index contributed by atoms with van der Waals surface area (Å²) < 4.78 is 45.0. The minimum absolute atomic E-state index is 0.0239. The zero-order valence-corrected chi connectivity index (χ0v) is 23.2. The number of nitrogens with one attached hydrogen (secondary N) is 1. The van der Waals surface area contributed by atoms with Crippen LogP contribution in [0.5, 0.6) is 0 Å². The van der Waals surface area contributed by atoms with Gasteiger partial charge in [-0.3, -0.25) is 4.79 Å². The lowest BCUT2D eigenvalue weighted by atomic mass is 9.81. The van der Waals surface area contributed by atoms with Gasteiger partial charge in [0.1, 0.15) is 18.4 Å². The molecule has 2 aliphatic rings. The number of thioether (sulfide) groups is 1. The van der Waals surface area contributed by atoms with Crippen LogP contribution in [0, 0.1) is 17.3 Å². The summed E-state index contributed by atoms with van der Waals surface area (Å²) in [6, 6.07) is 3.62. The van der Waals surface area contributed by atoms with Gasteiger partial charge in [-0.1, -0.05) is 58.9 Å². The summed E-state index contributed by atoms with van der Waals surface area (Å²) in [6.45, 7) is 9.73. The second-order valence-corrected chi connectivity index (χ2v) is 12.2. The summed E-state index contributed by atoms with van der Waals surface area (Å²) in [4.78, 5) is 26.6. The molecule has 5 nitrogen and oxygen atoms in total. The third-order valence-corrected chi connectivity index (χ3v) is 8.50. The van der Waals surface area contributed by atoms with Crippen LogP contribution in [-0.4, -0.2) is 28.3 Å². The van der Waals surface area contributed by atoms with Crippen molar-refractivity contribution in [1.82, 2.24) is 5.32 Å². The third kappa shape index (κ3) is 7.24. The van der Waals surface area contributed by atoms with E-state index in [9.17, 15) is 27.9 Å². The van der Waals surface area contributed by atoms with Crippen LogP contribution in [0.25, 0.3) is 0 Å². The number of aliphatic carboxylic acids is 1. The molecule has 0 bridgehead atoms. The molecule has 1 amide bonds. The highest BCUT2D eigenvalue weighted by Crippen LogP contribution is 2.46. The number of carboxylic acid groups (broad SMARTS) is 1. The molecular weight excluding hydrogens is 515 g/mol. The number of benzene rings is 1. The van der Waals surface area contributed by atoms with E-state index in [4.69, 9.17) is 4.74 Å². The van der Waals surface area contributed by atoms with Crippen molar-refractivity contribution in [1.29, 1.82) is 0 Å². The van der Waals surface area contributed by atoms with E-state index in [1.54, 1.807) is 31.7 Å². The molecule has 0 spiro atoms. The fraction of sp³-hybridized carbons (Fsp3) is 0.517. The Kier molecular flexibility index (Phi) is 9.44. The van der Waals surface area contributed by atoms with Crippen LogP contribution in [0.3, 0.4) is 0 Å². The van der Waals surface area contributed by atoms with Crippen molar-refractivity contribution in [2.24, 2.45) is 17.3 Å². The van der Waals surface area contributed by atoms with Crippen molar-refractivity contribution in [3.8, 4) is 0 Å². The largest absolute Gasteiger partial charge is 0.492 e. The zero-order chi connectivity index (χ0) is 28.3. The van der Waals surface area contributed by atoms with Crippen molar-refractivity contribution < 1.29 is 32.6 Å². The fourth-order valence-electron chi connectivity index (χ4n) is 4.31. The lowest BCUT2D eigenvalue weighted by Crippen LogP contribution is -2.50. The molecule has 0 saturated heterocycles. The molecule has 208 valence electrons. The molecule has 3 unspecified atom stereocenters. The van der Waals surface area contributed by atoms with Gasteiger partial charge in [-0.2, -0.15) is 13.2 Å². The maximum atomic E-state index is 13.4. The van der Waals surface area contributed by atoms with Gasteiger partial charge in [0.15, 0.2) is 0 Å². The Labute approximate surface area is 226 Å². The van der Waals surface area contributed by atoms with Crippen molar-refractivity contribution in [3.05, 3.63) is 69.9 Å². The van der Waals surface area contributed by atoms with Gasteiger partial charge in [0.2, 0.25) is 0 Å². The van der Waals surface area contributed by atoms with Crippen LogP contribution in [-0.2, 0) is 27.1 Å². The van der Waals surface area contributed by atoms with Crippen LogP contribution in [0.4, 0.5) is 13.2 Å². The molecule has 38 heavy (non-hydrogen) atoms. The van der Waals surface area contributed by atoms with E-state index in [0.717, 1.165) is 25.0 Å². The Bertz CT molecular complexity index is 1120. The van der Waals surface area contributed by atoms with Gasteiger partial charge < -0.3 is 15.2 Å². The standard InChI is InChI=1S/C29H36F3NO4S/c1-6-28(4,5)25(27(35)36)33-26(34)21-13-14-23-22(15-20(38-23)12-7-17(2)3)24(21)37-16-18-8-10-19(11-9-18)29(30,31)32/h8-11,13-15,17,22-23,25H,6-7,12,16H2,1-5H3,(H,33,34)(H,35,36). The number of rotatable bonds is 11. The van der Waals surface area contributed by atoms with Crippen LogP contribution in [0.2, 0.25) is 0 Å². The topological polar surface area (TPSA) is 75.6 Å². The number of amides is 1. The predicted octanol–water partition coefficient (Wildman–Crippen LogP) is 7.10. The number of allylic oxidation sites excluding steroid dienone is 2. The number of carbonyl (C=O) groups excluding carboxylic acids is 1. The molecule has 0 aromatic heterocycles. The number of halogens is 3. The second-order valence-electron chi connectivity index (χ2n) is 10.9. The SMILES string of the molecule is CCC(C)(C)C(NC(=O)C1=C(OCc2ccc(C(F)(F)F)cc2)C2C=C(CCC(C)C)SC2C=C1)C(=O)O. The van der Waals surface area contributed by atoms with Gasteiger partial charge in [-0.15, -0.1) is 11.8 Å². The van der Waals surface area contributed by atoms with E-state index < -0.39 is 35.1 Å². The maximum Gasteiger partial charge on any atom is 0.416 e. The average molecular weight is 552 g/mol. The first-order chi connectivity index (χ1) is 17.7. The summed E-state index contributed by atoms with van der Waals surface area (Å²) in [7, 11) is 0. The van der Waals surface area contributed by atoms with Crippen LogP contribution in [0.1, 0.15) is 65.0 Å². The van der Waals surface area contributed by atoms with Crippen molar-refractivity contribution in [2.45, 2.75) is 78.0 Å². The number of carboxylic acids is 1. The smallest absolute Gasteiger partial charge is 0.416 e. The van der Waals surface area contributed by atoms with E-state index >= 15 is 0 Å². The van der Waals surface area contributed by atoms with E-state index in [1.807, 2.05) is 13.0 Å². The summed E-state index contributed by atoms with van der Waals surface area (Å²) in [5.41, 5.74) is -0.665. The Hall–Kier alpha value is -2.68. The number of alkyl halides is 3. The molecule has 1 aromatic rings. The predicted molar refractivity (Wildman–Crippen MR) is 143 cm³/mol. The molecule has 0 radical (unpaired) electrons. The minimum atomic E-state index is -4.43. The number of ether oxygens (including phenoxy) is 1. The number of fused-ring (bicyclic) bond motifs is 1. The van der Waals surface area contributed by atoms with Crippen molar-refractivity contribution in [2.75, 3.05) is 0 Å². The van der Waals surface area contributed by atoms with E-state index in [1.165, 1.54) is 17.0 Å². The third-order valence-electron chi connectivity index (χ3n) is 7.13. The van der Waals surface area contributed by atoms with Gasteiger partial charge in [0.25, 0.3) is 5.91 Å². The number of hydrogen-bond acceptors (Lipinski definition) is 4. The molecule has 1 aromatic carbocycles. The Morgan fingerprint density at radius 1 is 1.16 bits per heavy atom. The molecular formula is C29H36F3NO4S. The van der Waals surface area contributed by atoms with Crippen molar-refractivity contribution >= 4 is 23.6 Å². The first-order valence-corrected chi connectivity index (χ1v) is 13.7. The van der Waals surface area contributed by atoms with E-state index in [2.05, 4.69) is 25.2 Å². The Morgan fingerprint density at radius 2 is 1.82 bits per heavy atom. The molecule has 1 heterocycles. The van der Waals surface area contributed by atoms with Crippen LogP contribution in [0.15, 0.2) is 58.7 Å². The summed E-state index contributed by atoms with van der Waals surface area (Å²) in [5, 5.41) is 12.5. The van der Waals surface area contributed by atoms with E-state index in [-0.39, 0.29) is 23.3 Å². The summed E-state index contributed by atoms with van der Waals surface area (Å²) >= 11 is 1.72. The van der Waals surface area contributed by atoms with Gasteiger partial charge in [-0.05, 0) is 59.3 Å². The molecule has 9 heteroatoms. The van der Waals surface area contributed by atoms with Gasteiger partial charge in [-0.25, -0.2) is 4.79 Å². The van der Waals surface area contributed by atoms with Crippen LogP contribution < -0.4 is 5.32 Å².